The van der Waals surface area contributed by atoms with Crippen LogP contribution in [-0.2, 0) is 47.8 Å². The summed E-state index contributed by atoms with van der Waals surface area (Å²) in [4.78, 5) is 86.1. The van der Waals surface area contributed by atoms with Gasteiger partial charge in [0.05, 0.1) is 55.0 Å². The first-order valence-electron chi connectivity index (χ1n) is 25.9. The van der Waals surface area contributed by atoms with Gasteiger partial charge in [0.2, 0.25) is 41.4 Å². The van der Waals surface area contributed by atoms with Crippen LogP contribution in [0.3, 0.4) is 0 Å². The van der Waals surface area contributed by atoms with E-state index in [2.05, 4.69) is 66.8 Å². The number of carbonyl (C=O) groups excluding carboxylic acids is 7. The van der Waals surface area contributed by atoms with Crippen molar-refractivity contribution in [3.8, 4) is 0 Å². The molecular formula is C52H99N11O12. The molecule has 0 aliphatic heterocycles. The number of amides is 7. The van der Waals surface area contributed by atoms with Crippen molar-refractivity contribution in [2.75, 3.05) is 72.4 Å². The van der Waals surface area contributed by atoms with Gasteiger partial charge in [0.15, 0.2) is 0 Å². The van der Waals surface area contributed by atoms with E-state index < -0.39 is 29.1 Å². The molecule has 75 heavy (non-hydrogen) atoms. The first kappa shape index (κ1) is 73.8. The predicted molar refractivity (Wildman–Crippen MR) is 292 cm³/mol. The number of nitrogens with two attached hydrogens (primary N) is 2. The monoisotopic (exact) mass is 1070 g/mol. The molecule has 0 aliphatic rings. The maximum Gasteiger partial charge on any atom is 0.245 e. The van der Waals surface area contributed by atoms with Gasteiger partial charge in [0, 0.05) is 57.4 Å². The number of hydrogen-bond acceptors (Lipinski definition) is 16. The zero-order chi connectivity index (χ0) is 56.4. The maximum absolute atomic E-state index is 13.3. The fraction of sp³-hybridized carbons (Fsp3) is 0.769. The molecule has 0 radical (unpaired) electrons. The number of unbranched alkanes of at least 4 members (excludes halogenated alkanes) is 3. The number of ether oxygens (including phenoxy) is 3. The lowest BCUT2D eigenvalue weighted by molar-refractivity contribution is -0.129. The molecule has 13 N–H and O–H groups in total. The molecular weight excluding hydrogens is 971 g/mol. The molecule has 0 heterocycles. The summed E-state index contributed by atoms with van der Waals surface area (Å²) >= 11 is 0. The number of allylic oxidation sites excluding steroid dienone is 1. The van der Waals surface area contributed by atoms with Crippen LogP contribution in [-0.4, -0.2) is 159 Å². The van der Waals surface area contributed by atoms with E-state index in [0.717, 1.165) is 19.3 Å². The molecule has 0 saturated heterocycles. The highest BCUT2D eigenvalue weighted by atomic mass is 16.5. The number of oxime groups is 2. The van der Waals surface area contributed by atoms with E-state index in [9.17, 15) is 44.0 Å². The number of nitrogens with one attached hydrogen (secondary N) is 7. The Hall–Kier alpha value is -5.45. The van der Waals surface area contributed by atoms with Gasteiger partial charge in [0.1, 0.15) is 19.3 Å². The van der Waals surface area contributed by atoms with E-state index in [4.69, 9.17) is 25.7 Å². The van der Waals surface area contributed by atoms with Crippen molar-refractivity contribution in [1.29, 1.82) is 0 Å². The van der Waals surface area contributed by atoms with Crippen LogP contribution in [0, 0.1) is 11.8 Å². The van der Waals surface area contributed by atoms with Crippen LogP contribution in [0.5, 0.6) is 0 Å². The summed E-state index contributed by atoms with van der Waals surface area (Å²) in [7, 11) is 0. The van der Waals surface area contributed by atoms with Crippen molar-refractivity contribution in [1.82, 2.24) is 37.2 Å². The van der Waals surface area contributed by atoms with Crippen LogP contribution in [0.2, 0.25) is 0 Å². The van der Waals surface area contributed by atoms with Crippen LogP contribution in [0.25, 0.3) is 0 Å². The minimum Gasteiger partial charge on any atom is -0.411 e. The minimum atomic E-state index is -0.858. The van der Waals surface area contributed by atoms with E-state index in [1.54, 1.807) is 27.7 Å². The molecule has 0 aromatic rings. The van der Waals surface area contributed by atoms with Gasteiger partial charge in [-0.05, 0) is 105 Å². The lowest BCUT2D eigenvalue weighted by Crippen LogP contribution is -2.57. The standard InChI is InChI=1S/C46H87N11O12.C5H8.CH4/c1-32(42(47)62)16-9-12-21-49-40(60)30-68-26-24-67-25-27-69-31-41(61)50-22-14-11-18-37(44(64)51-23-13-10-17-33(2)43(48)63)55-39(59)20-15-19-38(58)54-36(28-52-45(5,6)34(3)56-65)29-53-46(7,8)35(4)57-66;1-3-5-4-2;/h32-33,36-37,52-53,65-66H,9-31H2,1-8H3,(H2,47,62)(H2,48,63)(H,49,60)(H,50,61)(H,51,64)(H,54,58)(H,55,59);5H,1,4H2,2H3;1H4/b56-34+,57-35+;;/t32-,33-,37-;;/m0../s1. The molecule has 23 nitrogen and oxygen atoms in total. The van der Waals surface area contributed by atoms with Crippen LogP contribution in [0.15, 0.2) is 28.7 Å². The molecule has 7 amide bonds. The predicted octanol–water partition coefficient (Wildman–Crippen LogP) is 3.09. The summed E-state index contributed by atoms with van der Waals surface area (Å²) in [6.45, 7) is 22.0. The first-order chi connectivity index (χ1) is 35.0. The highest BCUT2D eigenvalue weighted by molar-refractivity contribution is 5.91. The molecule has 0 aliphatic carbocycles. The third kappa shape index (κ3) is 40.5. The Kier molecular flexibility index (Phi) is 44.1. The van der Waals surface area contributed by atoms with Crippen molar-refractivity contribution in [2.24, 2.45) is 33.6 Å². The van der Waals surface area contributed by atoms with Crippen LogP contribution >= 0.6 is 0 Å². The number of carbonyl (C=O) groups is 7. The summed E-state index contributed by atoms with van der Waals surface area (Å²) in [6.07, 6.45) is 8.54. The molecule has 0 unspecified atom stereocenters. The summed E-state index contributed by atoms with van der Waals surface area (Å²) < 4.78 is 16.1. The zero-order valence-electron chi connectivity index (χ0n) is 46.1. The van der Waals surface area contributed by atoms with Gasteiger partial charge >= 0.3 is 0 Å². The van der Waals surface area contributed by atoms with E-state index in [-0.39, 0.29) is 114 Å². The van der Waals surface area contributed by atoms with E-state index >= 15 is 0 Å². The van der Waals surface area contributed by atoms with Gasteiger partial charge in [-0.2, -0.15) is 0 Å². The van der Waals surface area contributed by atoms with Crippen LogP contribution < -0.4 is 48.7 Å². The van der Waals surface area contributed by atoms with Gasteiger partial charge in [-0.3, -0.25) is 33.6 Å². The molecule has 0 aromatic heterocycles. The Balaban J connectivity index is -0.00000820. The number of nitrogens with zero attached hydrogens (tertiary/aromatic N) is 2. The highest BCUT2D eigenvalue weighted by Crippen LogP contribution is 2.10. The summed E-state index contributed by atoms with van der Waals surface area (Å²) in [6, 6.07) is -1.30. The van der Waals surface area contributed by atoms with Crippen molar-refractivity contribution in [2.45, 2.75) is 176 Å². The SMILES string of the molecule is C.C/C(=N\O)C(C)(C)NCC(CNC(C)(C)/C(C)=N/O)NC(=O)CCCC(=O)N[C@@H](CCCCNC(=O)COCCOCCOCC(=O)NCCCC[C@H](C)C(N)=O)C(=O)NCCCC[C@H](C)C(N)=O.C=C=CCC. The fourth-order valence-corrected chi connectivity index (χ4v) is 6.29. The van der Waals surface area contributed by atoms with E-state index in [0.29, 0.717) is 89.1 Å². The third-order valence-electron chi connectivity index (χ3n) is 12.0. The molecule has 3 atom stereocenters. The second-order valence-corrected chi connectivity index (χ2v) is 19.2. The van der Waals surface area contributed by atoms with Crippen molar-refractivity contribution in [3.63, 3.8) is 0 Å². The molecule has 0 bridgehead atoms. The smallest absolute Gasteiger partial charge is 0.245 e. The van der Waals surface area contributed by atoms with Gasteiger partial charge in [-0.25, -0.2) is 0 Å². The van der Waals surface area contributed by atoms with Crippen LogP contribution in [0.4, 0.5) is 0 Å². The average molecular weight is 1070 g/mol. The molecule has 23 heteroatoms. The minimum absolute atomic E-state index is 0. The normalized spacial score (nSPS) is 13.2. The van der Waals surface area contributed by atoms with Gasteiger partial charge in [-0.15, -0.1) is 5.73 Å². The lowest BCUT2D eigenvalue weighted by Gasteiger charge is -2.32. The molecule has 0 rings (SSSR count). The molecule has 0 aromatic carbocycles. The largest absolute Gasteiger partial charge is 0.411 e. The second kappa shape index (κ2) is 44.8. The Bertz CT molecular complexity index is 1720. The molecule has 0 fully saturated rings. The Morgan fingerprint density at radius 1 is 0.613 bits per heavy atom. The quantitative estimate of drug-likeness (QED) is 0.0138. The van der Waals surface area contributed by atoms with Crippen LogP contribution in [0.1, 0.15) is 153 Å². The number of hydrogen-bond donors (Lipinski definition) is 11. The number of rotatable bonds is 43. The van der Waals surface area contributed by atoms with Crippen molar-refractivity contribution < 1.29 is 58.2 Å². The van der Waals surface area contributed by atoms with Gasteiger partial charge < -0.3 is 73.3 Å². The Morgan fingerprint density at radius 3 is 1.40 bits per heavy atom. The average Bonchev–Trinajstić information content (AvgIpc) is 3.35. The summed E-state index contributed by atoms with van der Waals surface area (Å²) in [5.41, 5.74) is 12.8. The molecule has 0 spiro atoms. The lowest BCUT2D eigenvalue weighted by atomic mass is 9.98. The topological polar surface area (TPSA) is 349 Å². The third-order valence-corrected chi connectivity index (χ3v) is 12.0. The fourth-order valence-electron chi connectivity index (χ4n) is 6.29. The maximum atomic E-state index is 13.3. The molecule has 434 valence electrons. The van der Waals surface area contributed by atoms with E-state index in [1.807, 2.05) is 33.8 Å². The highest BCUT2D eigenvalue weighted by Gasteiger charge is 2.27. The Morgan fingerprint density at radius 2 is 1.01 bits per heavy atom. The zero-order valence-corrected chi connectivity index (χ0v) is 46.1. The van der Waals surface area contributed by atoms with Crippen molar-refractivity contribution >= 4 is 52.8 Å². The Labute approximate surface area is 447 Å². The van der Waals surface area contributed by atoms with Crippen molar-refractivity contribution in [3.05, 3.63) is 18.4 Å². The summed E-state index contributed by atoms with van der Waals surface area (Å²) in [5, 5.41) is 46.0. The first-order valence-corrected chi connectivity index (χ1v) is 25.9. The second-order valence-electron chi connectivity index (χ2n) is 19.2. The van der Waals surface area contributed by atoms with E-state index in [1.165, 1.54) is 0 Å². The summed E-state index contributed by atoms with van der Waals surface area (Å²) in [5.74, 6) is -2.82. The van der Waals surface area contributed by atoms with Gasteiger partial charge in [-0.1, -0.05) is 57.9 Å². The number of primary amides is 2. The van der Waals surface area contributed by atoms with Gasteiger partial charge in [0.25, 0.3) is 0 Å². The molecule has 0 saturated carbocycles.